The predicted octanol–water partition coefficient (Wildman–Crippen LogP) is 1.49. The molecule has 2 aromatic rings. The molecule has 1 amide bonds. The fourth-order valence-electron chi connectivity index (χ4n) is 4.56. The molecule has 0 radical (unpaired) electrons. The Morgan fingerprint density at radius 1 is 1.09 bits per heavy atom. The highest BCUT2D eigenvalue weighted by molar-refractivity contribution is 7.89. The second-order valence-corrected chi connectivity index (χ2v) is 10.5. The van der Waals surface area contributed by atoms with Gasteiger partial charge in [-0.3, -0.25) is 18.7 Å². The largest absolute Gasteiger partial charge is 0.341 e. The van der Waals surface area contributed by atoms with Crippen molar-refractivity contribution in [1.29, 1.82) is 0 Å². The van der Waals surface area contributed by atoms with Gasteiger partial charge in [-0.25, -0.2) is 17.9 Å². The van der Waals surface area contributed by atoms with E-state index in [1.54, 1.807) is 4.90 Å². The molecule has 1 aliphatic heterocycles. The van der Waals surface area contributed by atoms with E-state index in [1.165, 1.54) is 41.8 Å². The zero-order valence-corrected chi connectivity index (χ0v) is 19.7. The number of aromatic nitrogens is 2. The third kappa shape index (κ3) is 4.96. The van der Waals surface area contributed by atoms with E-state index in [1.807, 2.05) is 0 Å². The molecule has 10 heteroatoms. The van der Waals surface area contributed by atoms with Crippen LogP contribution in [0.15, 0.2) is 44.3 Å². The Morgan fingerprint density at radius 2 is 1.85 bits per heavy atom. The Bertz CT molecular complexity index is 1320. The molecule has 4 rings (SSSR count). The molecule has 1 N–H and O–H groups in total. The van der Waals surface area contributed by atoms with E-state index in [9.17, 15) is 22.8 Å². The van der Waals surface area contributed by atoms with Crippen molar-refractivity contribution in [3.63, 3.8) is 0 Å². The van der Waals surface area contributed by atoms with Crippen LogP contribution >= 0.6 is 0 Å². The first-order chi connectivity index (χ1) is 15.8. The summed E-state index contributed by atoms with van der Waals surface area (Å²) in [5, 5.41) is 0.0872. The van der Waals surface area contributed by atoms with E-state index in [4.69, 9.17) is 0 Å². The first-order valence-electron chi connectivity index (χ1n) is 11.5. The predicted molar refractivity (Wildman–Crippen MR) is 126 cm³/mol. The van der Waals surface area contributed by atoms with Crippen molar-refractivity contribution in [2.45, 2.75) is 56.4 Å². The molecule has 0 spiro atoms. The summed E-state index contributed by atoms with van der Waals surface area (Å²) in [7, 11) is -2.32. The lowest BCUT2D eigenvalue weighted by molar-refractivity contribution is -0.130. The van der Waals surface area contributed by atoms with Crippen molar-refractivity contribution >= 4 is 26.8 Å². The number of sulfonamides is 1. The van der Waals surface area contributed by atoms with Crippen molar-refractivity contribution in [1.82, 2.24) is 18.8 Å². The number of carbonyl (C=O) groups excluding carboxylic acids is 1. The Balaban J connectivity index is 1.61. The van der Waals surface area contributed by atoms with Gasteiger partial charge in [0.05, 0.1) is 15.8 Å². The van der Waals surface area contributed by atoms with Crippen molar-refractivity contribution in [3.8, 4) is 0 Å². The highest BCUT2D eigenvalue weighted by Crippen LogP contribution is 2.20. The third-order valence-electron chi connectivity index (χ3n) is 6.51. The van der Waals surface area contributed by atoms with Gasteiger partial charge in [-0.05, 0) is 63.1 Å². The molecule has 1 aromatic carbocycles. The van der Waals surface area contributed by atoms with Crippen LogP contribution in [0.5, 0.6) is 0 Å². The molecule has 33 heavy (non-hydrogen) atoms. The summed E-state index contributed by atoms with van der Waals surface area (Å²) in [6.07, 6.45) is 9.00. The summed E-state index contributed by atoms with van der Waals surface area (Å²) in [4.78, 5) is 40.0. The number of benzene rings is 1. The molecule has 2 heterocycles. The van der Waals surface area contributed by atoms with Gasteiger partial charge in [0.25, 0.3) is 5.56 Å². The van der Waals surface area contributed by atoms with Crippen LogP contribution in [0, 0.1) is 0 Å². The summed E-state index contributed by atoms with van der Waals surface area (Å²) < 4.78 is 30.5. The van der Waals surface area contributed by atoms with Gasteiger partial charge < -0.3 is 4.90 Å². The Hall–Kier alpha value is -2.72. The molecule has 9 nitrogen and oxygen atoms in total. The number of fused-ring (bicyclic) bond motifs is 1. The van der Waals surface area contributed by atoms with Crippen LogP contribution in [0.3, 0.4) is 0 Å². The third-order valence-corrected chi connectivity index (χ3v) is 7.97. The van der Waals surface area contributed by atoms with Crippen molar-refractivity contribution in [2.24, 2.45) is 7.05 Å². The molecular formula is C23H30N4O5S. The zero-order chi connectivity index (χ0) is 23.6. The van der Waals surface area contributed by atoms with E-state index in [-0.39, 0.29) is 29.3 Å². The number of carbonyl (C=O) groups is 1. The number of hydrogen-bond donors (Lipinski definition) is 1. The lowest BCUT2D eigenvalue weighted by Crippen LogP contribution is -2.43. The van der Waals surface area contributed by atoms with Gasteiger partial charge in [0.2, 0.25) is 15.9 Å². The topological polar surface area (TPSA) is 110 Å². The van der Waals surface area contributed by atoms with Crippen molar-refractivity contribution in [3.05, 3.63) is 50.7 Å². The van der Waals surface area contributed by atoms with Gasteiger partial charge in [0.15, 0.2) is 0 Å². The minimum Gasteiger partial charge on any atom is -0.341 e. The van der Waals surface area contributed by atoms with Crippen LogP contribution < -0.4 is 16.0 Å². The van der Waals surface area contributed by atoms with Crippen molar-refractivity contribution in [2.75, 3.05) is 19.6 Å². The van der Waals surface area contributed by atoms with Gasteiger partial charge >= 0.3 is 5.69 Å². The normalized spacial score (nSPS) is 16.9. The Labute approximate surface area is 192 Å². The monoisotopic (exact) mass is 474 g/mol. The molecule has 2 aliphatic rings. The van der Waals surface area contributed by atoms with E-state index < -0.39 is 21.3 Å². The smallest absolute Gasteiger partial charge is 0.331 e. The average Bonchev–Trinajstić information content (AvgIpc) is 3.36. The molecule has 1 aromatic heterocycles. The van der Waals surface area contributed by atoms with Gasteiger partial charge in [0.1, 0.15) is 6.54 Å². The quantitative estimate of drug-likeness (QED) is 0.612. The lowest BCUT2D eigenvalue weighted by Gasteiger charge is -2.17. The lowest BCUT2D eigenvalue weighted by atomic mass is 9.97. The maximum atomic E-state index is 13.1. The molecule has 0 atom stereocenters. The minimum absolute atomic E-state index is 0.0409. The van der Waals surface area contributed by atoms with Crippen LogP contribution in [0.1, 0.15) is 44.9 Å². The van der Waals surface area contributed by atoms with Gasteiger partial charge in [-0.15, -0.1) is 0 Å². The highest BCUT2D eigenvalue weighted by Gasteiger charge is 2.22. The second kappa shape index (κ2) is 9.64. The summed E-state index contributed by atoms with van der Waals surface area (Å²) in [5.41, 5.74) is 0.323. The van der Waals surface area contributed by atoms with Gasteiger partial charge in [-0.1, -0.05) is 11.6 Å². The van der Waals surface area contributed by atoms with Crippen LogP contribution in [0.2, 0.25) is 0 Å². The SMILES string of the molecule is Cn1c(=O)n(CC(=O)N2CCCC2)c(=O)c2cc(S(=O)(=O)NCCC3=CCCCC3)ccc21. The zero-order valence-electron chi connectivity index (χ0n) is 18.9. The van der Waals surface area contributed by atoms with E-state index >= 15 is 0 Å². The fraction of sp³-hybridized carbons (Fsp3) is 0.522. The first-order valence-corrected chi connectivity index (χ1v) is 13.0. The fourth-order valence-corrected chi connectivity index (χ4v) is 5.62. The van der Waals surface area contributed by atoms with E-state index in [2.05, 4.69) is 10.8 Å². The first kappa shape index (κ1) is 23.4. The molecule has 0 bridgehead atoms. The summed E-state index contributed by atoms with van der Waals surface area (Å²) in [6.45, 7) is 1.17. The van der Waals surface area contributed by atoms with Gasteiger partial charge in [-0.2, -0.15) is 0 Å². The molecule has 178 valence electrons. The van der Waals surface area contributed by atoms with E-state index in [0.29, 0.717) is 25.0 Å². The standard InChI is InChI=1S/C23H30N4O5S/c1-25-20-10-9-18(33(31,32)24-12-11-17-7-3-2-4-8-17)15-19(20)22(29)27(23(25)30)16-21(28)26-13-5-6-14-26/h7,9-10,15,24H,2-6,8,11-14,16H2,1H3. The summed E-state index contributed by atoms with van der Waals surface area (Å²) in [6, 6.07) is 4.14. The average molecular weight is 475 g/mol. The summed E-state index contributed by atoms with van der Waals surface area (Å²) >= 11 is 0. The van der Waals surface area contributed by atoms with Crippen LogP contribution in [-0.4, -0.2) is 48.0 Å². The van der Waals surface area contributed by atoms with Crippen molar-refractivity contribution < 1.29 is 13.2 Å². The van der Waals surface area contributed by atoms with Crippen LogP contribution in [0.25, 0.3) is 10.9 Å². The molecule has 1 saturated heterocycles. The number of allylic oxidation sites excluding steroid dienone is 1. The molecule has 0 unspecified atom stereocenters. The number of likely N-dealkylation sites (tertiary alicyclic amines) is 1. The Kier molecular flexibility index (Phi) is 6.85. The van der Waals surface area contributed by atoms with Crippen LogP contribution in [0.4, 0.5) is 0 Å². The number of nitrogens with one attached hydrogen (secondary N) is 1. The maximum absolute atomic E-state index is 13.1. The number of nitrogens with zero attached hydrogens (tertiary/aromatic N) is 3. The Morgan fingerprint density at radius 3 is 2.55 bits per heavy atom. The van der Waals surface area contributed by atoms with Crippen LogP contribution in [-0.2, 0) is 28.4 Å². The second-order valence-electron chi connectivity index (χ2n) is 8.76. The highest BCUT2D eigenvalue weighted by atomic mass is 32.2. The number of amides is 1. The minimum atomic E-state index is -3.83. The number of rotatable bonds is 7. The summed E-state index contributed by atoms with van der Waals surface area (Å²) in [5.74, 6) is -0.284. The van der Waals surface area contributed by atoms with Gasteiger partial charge in [0, 0.05) is 26.7 Å². The molecule has 0 saturated carbocycles. The maximum Gasteiger partial charge on any atom is 0.331 e. The number of hydrogen-bond acceptors (Lipinski definition) is 5. The van der Waals surface area contributed by atoms with E-state index in [0.717, 1.165) is 36.7 Å². The molecule has 1 fully saturated rings. The molecular weight excluding hydrogens is 444 g/mol. The number of aryl methyl sites for hydroxylation is 1. The molecule has 1 aliphatic carbocycles.